The minimum Gasteiger partial charge on any atom is -0.0683 e. The molecule has 0 saturated heterocycles. The van der Waals surface area contributed by atoms with Gasteiger partial charge in [0.15, 0.2) is 0 Å². The Morgan fingerprint density at radius 1 is 0.190 bits per heavy atom. The summed E-state index contributed by atoms with van der Waals surface area (Å²) < 4.78 is 0. The SMILES string of the molecule is CC.CC.CC.CC.CC.CC.CC.CC.c1ccc2c(-c3c4ccccc4c4c5c3cccc5c3cccc5cc6ccccc6c4c53)c3ccccc3cc2c1. The van der Waals surface area contributed by atoms with Gasteiger partial charge in [-0.3, -0.25) is 0 Å². The van der Waals surface area contributed by atoms with Crippen molar-refractivity contribution >= 4 is 86.2 Å². The highest BCUT2D eigenvalue weighted by molar-refractivity contribution is 6.44. The van der Waals surface area contributed by atoms with Crippen LogP contribution in [0.2, 0.25) is 0 Å². The van der Waals surface area contributed by atoms with E-state index in [1.807, 2.05) is 111 Å². The van der Waals surface area contributed by atoms with Gasteiger partial charge in [-0.1, -0.05) is 244 Å². The summed E-state index contributed by atoms with van der Waals surface area (Å²) in [4.78, 5) is 0. The number of hydrogen-bond acceptors (Lipinski definition) is 0. The van der Waals surface area contributed by atoms with Crippen molar-refractivity contribution < 1.29 is 0 Å². The summed E-state index contributed by atoms with van der Waals surface area (Å²) in [5.41, 5.74) is 2.65. The molecule has 0 bridgehead atoms. The molecule has 0 aliphatic rings. The lowest BCUT2D eigenvalue weighted by atomic mass is 9.80. The van der Waals surface area contributed by atoms with E-state index < -0.39 is 0 Å². The van der Waals surface area contributed by atoms with Gasteiger partial charge in [-0.25, -0.2) is 0 Å². The van der Waals surface area contributed by atoms with Crippen LogP contribution in [0.5, 0.6) is 0 Å². The van der Waals surface area contributed by atoms with Crippen molar-refractivity contribution in [2.75, 3.05) is 0 Å². The predicted octanol–water partition coefficient (Wildman–Crippen LogP) is 20.2. The standard InChI is InChI=1S/C42H24.8C2H6/c1-4-15-29-25(11-1)23-26-12-2-5-16-30(26)38(29)39-33-18-7-8-19-35(33)42-40-34(21-10-22-36(39)40)32-20-9-14-28-24-27-13-3-6-17-31(27)41(42)37(28)32;8*1-2/h1-24H;8*1-2H3. The molecule has 0 atom stereocenters. The van der Waals surface area contributed by atoms with E-state index in [1.165, 1.54) is 97.3 Å². The molecule has 0 unspecified atom stereocenters. The molecule has 10 aromatic carbocycles. The van der Waals surface area contributed by atoms with Gasteiger partial charge in [-0.05, 0) is 109 Å². The Balaban J connectivity index is 0.000000655. The molecule has 0 aliphatic carbocycles. The number of rotatable bonds is 1. The summed E-state index contributed by atoms with van der Waals surface area (Å²) in [5, 5.41) is 21.1. The molecule has 0 saturated carbocycles. The molecule has 0 heterocycles. The zero-order valence-corrected chi connectivity index (χ0v) is 38.9. The molecule has 304 valence electrons. The van der Waals surface area contributed by atoms with Crippen molar-refractivity contribution in [2.45, 2.75) is 111 Å². The maximum atomic E-state index is 2.36. The zero-order chi connectivity index (χ0) is 43.4. The highest BCUT2D eigenvalue weighted by Crippen LogP contribution is 2.51. The Bertz CT molecular complexity index is 2670. The lowest BCUT2D eigenvalue weighted by Crippen LogP contribution is -1.94. The molecule has 0 heteroatoms. The van der Waals surface area contributed by atoms with Gasteiger partial charge in [-0.15, -0.1) is 0 Å². The van der Waals surface area contributed by atoms with Crippen molar-refractivity contribution in [3.05, 3.63) is 146 Å². The van der Waals surface area contributed by atoms with Crippen LogP contribution in [0, 0.1) is 0 Å². The fourth-order valence-corrected chi connectivity index (χ4v) is 7.87. The second-order valence-electron chi connectivity index (χ2n) is 11.6. The van der Waals surface area contributed by atoms with Crippen molar-refractivity contribution in [3.63, 3.8) is 0 Å². The molecule has 0 fully saturated rings. The van der Waals surface area contributed by atoms with Gasteiger partial charge in [0.2, 0.25) is 0 Å². The average molecular weight is 769 g/mol. The fraction of sp³-hybridized carbons (Fsp3) is 0.276. The quantitative estimate of drug-likeness (QED) is 0.115. The molecule has 0 N–H and O–H groups in total. The Labute approximate surface area is 352 Å². The minimum atomic E-state index is 1.27. The zero-order valence-electron chi connectivity index (χ0n) is 38.9. The van der Waals surface area contributed by atoms with Gasteiger partial charge in [0.1, 0.15) is 0 Å². The van der Waals surface area contributed by atoms with Crippen LogP contribution in [-0.2, 0) is 0 Å². The van der Waals surface area contributed by atoms with Gasteiger partial charge in [0, 0.05) is 0 Å². The lowest BCUT2D eigenvalue weighted by molar-refractivity contribution is 1.50. The van der Waals surface area contributed by atoms with Crippen molar-refractivity contribution in [1.29, 1.82) is 0 Å². The molecule has 0 aliphatic heterocycles. The maximum absolute atomic E-state index is 2.36. The van der Waals surface area contributed by atoms with E-state index in [-0.39, 0.29) is 0 Å². The summed E-state index contributed by atoms with van der Waals surface area (Å²) in [5.74, 6) is 0. The monoisotopic (exact) mass is 769 g/mol. The smallest absolute Gasteiger partial charge is 0.000741 e. The molecule has 0 radical (unpaired) electrons. The minimum absolute atomic E-state index is 1.27. The summed E-state index contributed by atoms with van der Waals surface area (Å²) in [6, 6.07) is 54.2. The number of benzene rings is 10. The third kappa shape index (κ3) is 8.83. The lowest BCUT2D eigenvalue weighted by Gasteiger charge is -2.22. The van der Waals surface area contributed by atoms with E-state index in [2.05, 4.69) is 146 Å². The molecule has 0 nitrogen and oxygen atoms in total. The van der Waals surface area contributed by atoms with E-state index >= 15 is 0 Å². The molecule has 0 spiro atoms. The summed E-state index contributed by atoms with van der Waals surface area (Å²) >= 11 is 0. The van der Waals surface area contributed by atoms with Crippen LogP contribution >= 0.6 is 0 Å². The third-order valence-electron chi connectivity index (χ3n) is 9.50. The topological polar surface area (TPSA) is 0 Å². The summed E-state index contributed by atoms with van der Waals surface area (Å²) in [7, 11) is 0. The Kier molecular flexibility index (Phi) is 21.0. The normalized spacial score (nSPS) is 9.72. The van der Waals surface area contributed by atoms with Crippen molar-refractivity contribution in [1.82, 2.24) is 0 Å². The molecular weight excluding hydrogens is 697 g/mol. The number of hydrogen-bond donors (Lipinski definition) is 0. The van der Waals surface area contributed by atoms with Crippen molar-refractivity contribution in [2.24, 2.45) is 0 Å². The molecular formula is C58H72. The average Bonchev–Trinajstić information content (AvgIpc) is 3.34. The molecule has 10 aromatic rings. The van der Waals surface area contributed by atoms with Crippen LogP contribution in [0.3, 0.4) is 0 Å². The van der Waals surface area contributed by atoms with Crippen molar-refractivity contribution in [3.8, 4) is 11.1 Å². The highest BCUT2D eigenvalue weighted by atomic mass is 14.2. The number of fused-ring (bicyclic) bond motifs is 8. The van der Waals surface area contributed by atoms with Crippen LogP contribution in [-0.4, -0.2) is 0 Å². The van der Waals surface area contributed by atoms with Crippen LogP contribution < -0.4 is 0 Å². The second kappa shape index (κ2) is 25.0. The van der Waals surface area contributed by atoms with Gasteiger partial charge in [-0.2, -0.15) is 0 Å². The molecule has 0 amide bonds. The highest BCUT2D eigenvalue weighted by Gasteiger charge is 2.22. The van der Waals surface area contributed by atoms with Gasteiger partial charge >= 0.3 is 0 Å². The first-order chi connectivity index (χ1) is 28.9. The Hall–Kier alpha value is -5.46. The van der Waals surface area contributed by atoms with E-state index in [4.69, 9.17) is 0 Å². The van der Waals surface area contributed by atoms with E-state index in [9.17, 15) is 0 Å². The predicted molar refractivity (Wildman–Crippen MR) is 274 cm³/mol. The maximum Gasteiger partial charge on any atom is -0.000741 e. The summed E-state index contributed by atoms with van der Waals surface area (Å²) in [6.45, 7) is 32.0. The van der Waals surface area contributed by atoms with Crippen LogP contribution in [0.1, 0.15) is 111 Å². The van der Waals surface area contributed by atoms with Crippen LogP contribution in [0.15, 0.2) is 146 Å². The van der Waals surface area contributed by atoms with Gasteiger partial charge in [0.05, 0.1) is 0 Å². The third-order valence-corrected chi connectivity index (χ3v) is 9.50. The molecule has 10 rings (SSSR count). The second-order valence-corrected chi connectivity index (χ2v) is 11.6. The summed E-state index contributed by atoms with van der Waals surface area (Å²) in [6.07, 6.45) is 0. The fourth-order valence-electron chi connectivity index (χ4n) is 7.87. The molecule has 58 heavy (non-hydrogen) atoms. The first kappa shape index (κ1) is 48.7. The first-order valence-corrected chi connectivity index (χ1v) is 22.7. The van der Waals surface area contributed by atoms with E-state index in [1.54, 1.807) is 0 Å². The van der Waals surface area contributed by atoms with Gasteiger partial charge < -0.3 is 0 Å². The van der Waals surface area contributed by atoms with Crippen LogP contribution in [0.25, 0.3) is 97.3 Å². The van der Waals surface area contributed by atoms with Crippen LogP contribution in [0.4, 0.5) is 0 Å². The Morgan fingerprint density at radius 3 is 0.983 bits per heavy atom. The first-order valence-electron chi connectivity index (χ1n) is 22.7. The van der Waals surface area contributed by atoms with Gasteiger partial charge in [0.25, 0.3) is 0 Å². The largest absolute Gasteiger partial charge is 0.0683 e. The Morgan fingerprint density at radius 2 is 0.466 bits per heavy atom. The molecule has 0 aromatic heterocycles. The van der Waals surface area contributed by atoms with E-state index in [0.29, 0.717) is 0 Å². The van der Waals surface area contributed by atoms with E-state index in [0.717, 1.165) is 0 Å².